The number of hydrogen-bond donors (Lipinski definition) is 1. The summed E-state index contributed by atoms with van der Waals surface area (Å²) in [4.78, 5) is 38.5. The molecule has 1 aromatic rings. The van der Waals surface area contributed by atoms with Gasteiger partial charge in [0, 0.05) is 18.9 Å². The lowest BCUT2D eigenvalue weighted by atomic mass is 10.1. The van der Waals surface area contributed by atoms with E-state index in [1.165, 1.54) is 56.5 Å². The molecule has 0 aromatic heterocycles. The van der Waals surface area contributed by atoms with Crippen LogP contribution in [0, 0.1) is 0 Å². The van der Waals surface area contributed by atoms with Crippen LogP contribution >= 0.6 is 0 Å². The first-order chi connectivity index (χ1) is 15.5. The van der Waals surface area contributed by atoms with Gasteiger partial charge in [-0.3, -0.25) is 14.4 Å². The Morgan fingerprint density at radius 2 is 1.91 bits per heavy atom. The minimum atomic E-state index is -3.61. The highest BCUT2D eigenvalue weighted by molar-refractivity contribution is 7.90. The number of nitrogens with zero attached hydrogens (tertiary/aromatic N) is 1. The highest BCUT2D eigenvalue weighted by Gasteiger charge is 2.40. The van der Waals surface area contributed by atoms with E-state index in [-0.39, 0.29) is 22.5 Å². The molecular weight excluding hydrogens is 448 g/mol. The van der Waals surface area contributed by atoms with E-state index in [2.05, 4.69) is 11.9 Å². The van der Waals surface area contributed by atoms with Crippen molar-refractivity contribution in [3.05, 3.63) is 77.4 Å². The van der Waals surface area contributed by atoms with Gasteiger partial charge in [-0.15, -0.1) is 0 Å². The molecule has 3 amide bonds. The molecule has 9 nitrogen and oxygen atoms in total. The van der Waals surface area contributed by atoms with Gasteiger partial charge in [-0.25, -0.2) is 13.3 Å². The maximum absolute atomic E-state index is 13.2. The summed E-state index contributed by atoms with van der Waals surface area (Å²) >= 11 is 0. The normalized spacial score (nSPS) is 14.8. The second-order valence-electron chi connectivity index (χ2n) is 7.01. The minimum Gasteiger partial charge on any atom is -0.493 e. The molecule has 0 bridgehead atoms. The van der Waals surface area contributed by atoms with Crippen LogP contribution in [0.4, 0.5) is 5.69 Å². The number of allylic oxidation sites excluding steroid dienone is 4. The van der Waals surface area contributed by atoms with Crippen molar-refractivity contribution in [1.29, 1.82) is 0 Å². The number of fused-ring (bicyclic) bond motifs is 1. The molecule has 0 aliphatic carbocycles. The van der Waals surface area contributed by atoms with E-state index in [4.69, 9.17) is 9.47 Å². The van der Waals surface area contributed by atoms with Gasteiger partial charge in [0.25, 0.3) is 11.8 Å². The van der Waals surface area contributed by atoms with Crippen molar-refractivity contribution in [3.63, 3.8) is 0 Å². The van der Waals surface area contributed by atoms with Crippen LogP contribution in [-0.4, -0.2) is 56.8 Å². The quantitative estimate of drug-likeness (QED) is 0.315. The third kappa shape index (κ3) is 6.19. The summed E-state index contributed by atoms with van der Waals surface area (Å²) in [7, 11) is -2.18. The summed E-state index contributed by atoms with van der Waals surface area (Å²) in [5, 5.41) is 2.52. The van der Waals surface area contributed by atoms with Crippen LogP contribution in [0.15, 0.2) is 66.3 Å². The van der Waals surface area contributed by atoms with E-state index in [0.29, 0.717) is 18.1 Å². The Morgan fingerprint density at radius 1 is 1.21 bits per heavy atom. The minimum absolute atomic E-state index is 0.00356. The standard InChI is InChI=1S/C23H26N2O7S/c1-6-19(32-7-2)20(31-4)13-8-10-16(14-33(5,29)30)25-22(27)17-11-9-12-18(24-15(3)26)21(17)23(25)28/h6,8-13H,1,7,14H2,2-5H3,(H,24,26)/b13-8-,16-10-,20-19-. The Morgan fingerprint density at radius 3 is 2.45 bits per heavy atom. The Balaban J connectivity index is 2.54. The van der Waals surface area contributed by atoms with Crippen molar-refractivity contribution in [3.8, 4) is 0 Å². The zero-order valence-electron chi connectivity index (χ0n) is 18.9. The first-order valence-electron chi connectivity index (χ1n) is 9.91. The molecule has 0 fully saturated rings. The third-order valence-corrected chi connectivity index (χ3v) is 5.23. The van der Waals surface area contributed by atoms with Gasteiger partial charge in [0.05, 0.1) is 36.3 Å². The second kappa shape index (κ2) is 10.8. The van der Waals surface area contributed by atoms with Crippen molar-refractivity contribution < 1.29 is 32.3 Å². The van der Waals surface area contributed by atoms with Crippen LogP contribution in [0.5, 0.6) is 0 Å². The van der Waals surface area contributed by atoms with E-state index in [0.717, 1.165) is 11.2 Å². The molecule has 0 spiro atoms. The molecule has 1 aliphatic rings. The van der Waals surface area contributed by atoms with E-state index in [9.17, 15) is 22.8 Å². The van der Waals surface area contributed by atoms with Gasteiger partial charge in [0.15, 0.2) is 21.4 Å². The first-order valence-corrected chi connectivity index (χ1v) is 12.0. The predicted molar refractivity (Wildman–Crippen MR) is 124 cm³/mol. The number of amides is 3. The Kier molecular flexibility index (Phi) is 8.36. The van der Waals surface area contributed by atoms with E-state index >= 15 is 0 Å². The summed E-state index contributed by atoms with van der Waals surface area (Å²) in [5.74, 6) is -1.71. The highest BCUT2D eigenvalue weighted by Crippen LogP contribution is 2.32. The summed E-state index contributed by atoms with van der Waals surface area (Å²) in [5.41, 5.74) is 0.189. The van der Waals surface area contributed by atoms with Gasteiger partial charge < -0.3 is 14.8 Å². The first kappa shape index (κ1) is 25.6. The maximum atomic E-state index is 13.2. The fourth-order valence-electron chi connectivity index (χ4n) is 3.18. The van der Waals surface area contributed by atoms with Crippen LogP contribution in [0.2, 0.25) is 0 Å². The molecular formula is C23H26N2O7S. The molecule has 0 atom stereocenters. The van der Waals surface area contributed by atoms with Gasteiger partial charge in [-0.2, -0.15) is 0 Å². The van der Waals surface area contributed by atoms with E-state index in [1.807, 2.05) is 0 Å². The zero-order chi connectivity index (χ0) is 24.8. The molecule has 176 valence electrons. The van der Waals surface area contributed by atoms with E-state index in [1.54, 1.807) is 6.92 Å². The third-order valence-electron chi connectivity index (χ3n) is 4.41. The Bertz CT molecular complexity index is 1180. The molecule has 0 saturated carbocycles. The molecule has 1 heterocycles. The van der Waals surface area contributed by atoms with Gasteiger partial charge in [-0.1, -0.05) is 18.7 Å². The predicted octanol–water partition coefficient (Wildman–Crippen LogP) is 2.81. The highest BCUT2D eigenvalue weighted by atomic mass is 32.2. The lowest BCUT2D eigenvalue weighted by molar-refractivity contribution is -0.114. The average molecular weight is 475 g/mol. The van der Waals surface area contributed by atoms with Crippen LogP contribution in [-0.2, 0) is 24.1 Å². The molecule has 1 aliphatic heterocycles. The topological polar surface area (TPSA) is 119 Å². The number of methoxy groups -OCH3 is 1. The number of rotatable bonds is 10. The smallest absolute Gasteiger partial charge is 0.268 e. The molecule has 33 heavy (non-hydrogen) atoms. The second-order valence-corrected chi connectivity index (χ2v) is 9.15. The SMILES string of the molecule is C=C\C(OCC)=C(/C=C\C=C(\CS(C)(=O)=O)N1C(=O)c2cccc(NC(C)=O)c2C1=O)OC. The molecule has 0 radical (unpaired) electrons. The number of anilines is 1. The van der Waals surface area contributed by atoms with Crippen molar-refractivity contribution in [2.45, 2.75) is 13.8 Å². The number of imide groups is 1. The number of benzene rings is 1. The van der Waals surface area contributed by atoms with Gasteiger partial charge in [0.2, 0.25) is 5.91 Å². The summed E-state index contributed by atoms with van der Waals surface area (Å²) in [6.45, 7) is 7.10. The van der Waals surface area contributed by atoms with Crippen molar-refractivity contribution in [2.75, 3.05) is 31.0 Å². The van der Waals surface area contributed by atoms with Crippen LogP contribution in [0.3, 0.4) is 0 Å². The Labute approximate surface area is 193 Å². The molecule has 0 unspecified atom stereocenters. The summed E-state index contributed by atoms with van der Waals surface area (Å²) in [6.07, 6.45) is 6.74. The number of sulfone groups is 1. The summed E-state index contributed by atoms with van der Waals surface area (Å²) in [6, 6.07) is 4.47. The average Bonchev–Trinajstić information content (AvgIpc) is 2.99. The van der Waals surface area contributed by atoms with Gasteiger partial charge >= 0.3 is 0 Å². The lowest BCUT2D eigenvalue weighted by Crippen LogP contribution is -2.32. The van der Waals surface area contributed by atoms with Gasteiger partial charge in [0.1, 0.15) is 0 Å². The fraction of sp³-hybridized carbons (Fsp3) is 0.261. The molecule has 2 rings (SSSR count). The zero-order valence-corrected chi connectivity index (χ0v) is 19.7. The number of ether oxygens (including phenoxy) is 2. The van der Waals surface area contributed by atoms with Crippen molar-refractivity contribution in [1.82, 2.24) is 4.90 Å². The van der Waals surface area contributed by atoms with Crippen LogP contribution < -0.4 is 5.32 Å². The maximum Gasteiger partial charge on any atom is 0.268 e. The number of nitrogens with one attached hydrogen (secondary N) is 1. The van der Waals surface area contributed by atoms with Crippen molar-refractivity contribution >= 4 is 33.2 Å². The molecule has 1 N–H and O–H groups in total. The molecule has 10 heteroatoms. The van der Waals surface area contributed by atoms with Crippen LogP contribution in [0.1, 0.15) is 34.6 Å². The number of hydrogen-bond acceptors (Lipinski definition) is 7. The monoisotopic (exact) mass is 474 g/mol. The summed E-state index contributed by atoms with van der Waals surface area (Å²) < 4.78 is 34.8. The lowest BCUT2D eigenvalue weighted by Gasteiger charge is -2.17. The number of carbonyl (C=O) groups excluding carboxylic acids is 3. The van der Waals surface area contributed by atoms with E-state index < -0.39 is 33.3 Å². The van der Waals surface area contributed by atoms with Gasteiger partial charge in [-0.05, 0) is 37.3 Å². The Hall–Kier alpha value is -3.66. The molecule has 1 aromatic carbocycles. The largest absolute Gasteiger partial charge is 0.493 e. The number of carbonyl (C=O) groups is 3. The van der Waals surface area contributed by atoms with Crippen LogP contribution in [0.25, 0.3) is 0 Å². The molecule has 0 saturated heterocycles. The van der Waals surface area contributed by atoms with Crippen molar-refractivity contribution in [2.24, 2.45) is 0 Å². The fourth-order valence-corrected chi connectivity index (χ4v) is 3.94.